The number of rotatable bonds is 2. The van der Waals surface area contributed by atoms with Crippen LogP contribution in [0.15, 0.2) is 27.6 Å². The summed E-state index contributed by atoms with van der Waals surface area (Å²) in [5, 5.41) is 0. The molecule has 19 heavy (non-hydrogen) atoms. The second kappa shape index (κ2) is 5.27. The molecule has 1 aromatic rings. The molecule has 2 rings (SSSR count). The van der Waals surface area contributed by atoms with E-state index in [2.05, 4.69) is 29.8 Å². The van der Waals surface area contributed by atoms with Crippen LogP contribution in [0.1, 0.15) is 13.8 Å². The van der Waals surface area contributed by atoms with Crippen molar-refractivity contribution in [2.24, 2.45) is 0 Å². The summed E-state index contributed by atoms with van der Waals surface area (Å²) in [6.45, 7) is 5.16. The number of anilines is 1. The fraction of sp³-hybridized carbons (Fsp3) is 0.500. The lowest BCUT2D eigenvalue weighted by Gasteiger charge is -2.36. The number of thioether (sulfide) groups is 1. The topological polar surface area (TPSA) is 63.4 Å². The molecule has 1 aromatic carbocycles. The predicted octanol–water partition coefficient (Wildman–Crippen LogP) is 2.55. The van der Waals surface area contributed by atoms with Gasteiger partial charge in [0.2, 0.25) is 10.0 Å². The van der Waals surface area contributed by atoms with Gasteiger partial charge in [-0.2, -0.15) is 16.1 Å². The fourth-order valence-electron chi connectivity index (χ4n) is 2.07. The molecule has 0 aromatic heterocycles. The highest BCUT2D eigenvalue weighted by Gasteiger charge is 2.35. The minimum atomic E-state index is -3.51. The van der Waals surface area contributed by atoms with Gasteiger partial charge in [0.25, 0.3) is 0 Å². The zero-order valence-electron chi connectivity index (χ0n) is 10.9. The summed E-state index contributed by atoms with van der Waals surface area (Å²) >= 11 is 5.08. The number of halogens is 1. The van der Waals surface area contributed by atoms with Crippen molar-refractivity contribution < 1.29 is 8.42 Å². The van der Waals surface area contributed by atoms with Gasteiger partial charge in [-0.15, -0.1) is 0 Å². The van der Waals surface area contributed by atoms with E-state index in [9.17, 15) is 8.42 Å². The lowest BCUT2D eigenvalue weighted by atomic mass is 10.2. The molecule has 0 atom stereocenters. The van der Waals surface area contributed by atoms with E-state index >= 15 is 0 Å². The lowest BCUT2D eigenvalue weighted by Crippen LogP contribution is -2.46. The second-order valence-electron chi connectivity index (χ2n) is 5.13. The number of nitrogens with zero attached hydrogens (tertiary/aromatic N) is 1. The number of hydrogen-bond acceptors (Lipinski definition) is 4. The molecule has 4 nitrogen and oxygen atoms in total. The standard InChI is InChI=1S/C12H17BrN2O2S2/c1-12(2)8-15(5-6-18-12)19(16,17)11-4-3-9(13)7-10(11)14/h3-4,7H,5-6,8,14H2,1-2H3. The SMILES string of the molecule is CC1(C)CN(S(=O)(=O)c2ccc(Br)cc2N)CCS1. The Hall–Kier alpha value is -0.240. The molecule has 106 valence electrons. The molecule has 1 aliphatic heterocycles. The van der Waals surface area contributed by atoms with Crippen LogP contribution in [0.2, 0.25) is 0 Å². The van der Waals surface area contributed by atoms with Crippen LogP contribution in [0.25, 0.3) is 0 Å². The first-order valence-electron chi connectivity index (χ1n) is 5.91. The van der Waals surface area contributed by atoms with Crippen LogP contribution in [-0.2, 0) is 10.0 Å². The molecule has 1 fully saturated rings. The van der Waals surface area contributed by atoms with E-state index in [-0.39, 0.29) is 15.3 Å². The molecule has 1 heterocycles. The van der Waals surface area contributed by atoms with Crippen molar-refractivity contribution in [1.29, 1.82) is 0 Å². The van der Waals surface area contributed by atoms with Crippen molar-refractivity contribution in [2.45, 2.75) is 23.5 Å². The van der Waals surface area contributed by atoms with Crippen LogP contribution in [0.4, 0.5) is 5.69 Å². The highest BCUT2D eigenvalue weighted by molar-refractivity contribution is 9.10. The van der Waals surface area contributed by atoms with Crippen LogP contribution in [0.3, 0.4) is 0 Å². The smallest absolute Gasteiger partial charge is 0.245 e. The van der Waals surface area contributed by atoms with E-state index < -0.39 is 10.0 Å². The summed E-state index contributed by atoms with van der Waals surface area (Å²) in [6.07, 6.45) is 0. The summed E-state index contributed by atoms with van der Waals surface area (Å²) in [5.41, 5.74) is 6.12. The van der Waals surface area contributed by atoms with Crippen molar-refractivity contribution in [3.05, 3.63) is 22.7 Å². The van der Waals surface area contributed by atoms with Gasteiger partial charge in [0.1, 0.15) is 4.90 Å². The van der Waals surface area contributed by atoms with Gasteiger partial charge >= 0.3 is 0 Å². The second-order valence-corrected chi connectivity index (χ2v) is 9.75. The Labute approximate surface area is 126 Å². The van der Waals surface area contributed by atoms with Gasteiger partial charge in [-0.25, -0.2) is 8.42 Å². The molecule has 0 aliphatic carbocycles. The first-order valence-corrected chi connectivity index (χ1v) is 9.13. The van der Waals surface area contributed by atoms with Crippen LogP contribution >= 0.6 is 27.7 Å². The minimum absolute atomic E-state index is 0.0601. The van der Waals surface area contributed by atoms with Gasteiger partial charge in [0.05, 0.1) is 5.69 Å². The zero-order valence-corrected chi connectivity index (χ0v) is 14.1. The van der Waals surface area contributed by atoms with Crippen LogP contribution in [-0.4, -0.2) is 36.3 Å². The number of sulfonamides is 1. The van der Waals surface area contributed by atoms with Gasteiger partial charge in [-0.3, -0.25) is 0 Å². The van der Waals surface area contributed by atoms with Gasteiger partial charge < -0.3 is 5.73 Å². The molecule has 7 heteroatoms. The van der Waals surface area contributed by atoms with E-state index in [1.54, 1.807) is 30.0 Å². The molecule has 1 aliphatic rings. The van der Waals surface area contributed by atoms with Gasteiger partial charge in [-0.1, -0.05) is 15.9 Å². The average molecular weight is 365 g/mol. The van der Waals surface area contributed by atoms with Crippen molar-refractivity contribution in [2.75, 3.05) is 24.6 Å². The van der Waals surface area contributed by atoms with Gasteiger partial charge in [0, 0.05) is 28.1 Å². The maximum Gasteiger partial charge on any atom is 0.245 e. The molecule has 0 amide bonds. The van der Waals surface area contributed by atoms with Crippen LogP contribution in [0.5, 0.6) is 0 Å². The van der Waals surface area contributed by atoms with E-state index in [0.29, 0.717) is 13.1 Å². The Kier molecular flexibility index (Phi) is 4.21. The zero-order chi connectivity index (χ0) is 14.3. The largest absolute Gasteiger partial charge is 0.398 e. The molecule has 0 bridgehead atoms. The third-order valence-electron chi connectivity index (χ3n) is 2.98. The van der Waals surface area contributed by atoms with Crippen molar-refractivity contribution in [3.8, 4) is 0 Å². The summed E-state index contributed by atoms with van der Waals surface area (Å²) in [5.74, 6) is 0.808. The Morgan fingerprint density at radius 3 is 2.68 bits per heavy atom. The van der Waals surface area contributed by atoms with Gasteiger partial charge in [0.15, 0.2) is 0 Å². The van der Waals surface area contributed by atoms with E-state index in [4.69, 9.17) is 5.73 Å². The van der Waals surface area contributed by atoms with Crippen molar-refractivity contribution in [3.63, 3.8) is 0 Å². The number of nitrogen functional groups attached to an aromatic ring is 1. The Balaban J connectivity index is 2.37. The first-order chi connectivity index (χ1) is 8.72. The Morgan fingerprint density at radius 1 is 1.42 bits per heavy atom. The van der Waals surface area contributed by atoms with E-state index in [1.165, 1.54) is 4.31 Å². The van der Waals surface area contributed by atoms with Crippen LogP contribution in [0, 0.1) is 0 Å². The molecule has 0 unspecified atom stereocenters. The van der Waals surface area contributed by atoms with E-state index in [0.717, 1.165) is 10.2 Å². The lowest BCUT2D eigenvalue weighted by molar-refractivity contribution is 0.388. The van der Waals surface area contributed by atoms with E-state index in [1.807, 2.05) is 0 Å². The highest BCUT2D eigenvalue weighted by Crippen LogP contribution is 2.34. The Bertz CT molecular complexity index is 587. The fourth-order valence-corrected chi connectivity index (χ4v) is 5.46. The first kappa shape index (κ1) is 15.2. The summed E-state index contributed by atoms with van der Waals surface area (Å²) in [6, 6.07) is 4.88. The molecule has 0 radical (unpaired) electrons. The maximum absolute atomic E-state index is 12.6. The molecular weight excluding hydrogens is 348 g/mol. The summed E-state index contributed by atoms with van der Waals surface area (Å²) < 4.78 is 27.5. The summed E-state index contributed by atoms with van der Waals surface area (Å²) in [7, 11) is -3.51. The molecule has 0 spiro atoms. The molecular formula is C12H17BrN2O2S2. The summed E-state index contributed by atoms with van der Waals surface area (Å²) in [4.78, 5) is 0.193. The van der Waals surface area contributed by atoms with Crippen molar-refractivity contribution >= 4 is 43.4 Å². The molecule has 2 N–H and O–H groups in total. The molecule has 1 saturated heterocycles. The maximum atomic E-state index is 12.6. The third kappa shape index (κ3) is 3.26. The average Bonchev–Trinajstić information content (AvgIpc) is 2.27. The Morgan fingerprint density at radius 2 is 2.11 bits per heavy atom. The minimum Gasteiger partial charge on any atom is -0.398 e. The van der Waals surface area contributed by atoms with Crippen LogP contribution < -0.4 is 5.73 Å². The molecule has 0 saturated carbocycles. The predicted molar refractivity (Wildman–Crippen MR) is 83.9 cm³/mol. The third-order valence-corrected chi connectivity index (χ3v) is 6.69. The van der Waals surface area contributed by atoms with Crippen molar-refractivity contribution in [1.82, 2.24) is 4.31 Å². The number of hydrogen-bond donors (Lipinski definition) is 1. The number of benzene rings is 1. The normalized spacial score (nSPS) is 20.4. The van der Waals surface area contributed by atoms with Gasteiger partial charge in [-0.05, 0) is 32.0 Å². The monoisotopic (exact) mass is 364 g/mol. The number of nitrogens with two attached hydrogens (primary N) is 1. The highest BCUT2D eigenvalue weighted by atomic mass is 79.9. The quantitative estimate of drug-likeness (QED) is 0.819.